The fraction of sp³-hybridized carbons (Fsp3) is 0.857. The van der Waals surface area contributed by atoms with Gasteiger partial charge < -0.3 is 15.8 Å². The third-order valence-electron chi connectivity index (χ3n) is 3.43. The Balaban J connectivity index is 3.81. The Labute approximate surface area is 116 Å². The molecule has 0 radical (unpaired) electrons. The van der Waals surface area contributed by atoms with Gasteiger partial charge in [0.1, 0.15) is 5.84 Å². The molecule has 1 atom stereocenters. The van der Waals surface area contributed by atoms with Crippen molar-refractivity contribution in [3.05, 3.63) is 0 Å². The van der Waals surface area contributed by atoms with E-state index < -0.39 is 0 Å². The van der Waals surface area contributed by atoms with Crippen molar-refractivity contribution in [1.29, 1.82) is 0 Å². The number of oxime groups is 1. The van der Waals surface area contributed by atoms with Crippen molar-refractivity contribution in [2.24, 2.45) is 10.9 Å². The first-order valence-electron chi connectivity index (χ1n) is 7.25. The molecule has 5 nitrogen and oxygen atoms in total. The van der Waals surface area contributed by atoms with Gasteiger partial charge in [-0.1, -0.05) is 44.2 Å². The van der Waals surface area contributed by atoms with Crippen LogP contribution >= 0.6 is 0 Å². The maximum absolute atomic E-state index is 11.9. The highest BCUT2D eigenvalue weighted by Crippen LogP contribution is 2.10. The second-order valence-electron chi connectivity index (χ2n) is 5.17. The van der Waals surface area contributed by atoms with Gasteiger partial charge in [-0.2, -0.15) is 0 Å². The van der Waals surface area contributed by atoms with Crippen molar-refractivity contribution >= 4 is 11.7 Å². The molecule has 112 valence electrons. The number of carbonyl (C=O) groups is 1. The normalized spacial score (nSPS) is 13.3. The largest absolute Gasteiger partial charge is 0.409 e. The molecule has 19 heavy (non-hydrogen) atoms. The molecule has 1 amide bonds. The van der Waals surface area contributed by atoms with Gasteiger partial charge in [0.2, 0.25) is 5.91 Å². The van der Waals surface area contributed by atoms with Gasteiger partial charge in [-0.3, -0.25) is 4.79 Å². The molecule has 0 aliphatic rings. The smallest absolute Gasteiger partial charge is 0.222 e. The van der Waals surface area contributed by atoms with Gasteiger partial charge in [0.05, 0.1) is 0 Å². The number of hydrogen-bond donors (Lipinski definition) is 2. The molecule has 0 saturated carbocycles. The second kappa shape index (κ2) is 10.6. The fourth-order valence-corrected chi connectivity index (χ4v) is 1.96. The zero-order valence-electron chi connectivity index (χ0n) is 12.6. The minimum absolute atomic E-state index is 0.0384. The van der Waals surface area contributed by atoms with Crippen molar-refractivity contribution in [2.45, 2.75) is 71.3 Å². The summed E-state index contributed by atoms with van der Waals surface area (Å²) in [5, 5.41) is 11.4. The molecule has 0 aromatic carbocycles. The number of rotatable bonds is 10. The van der Waals surface area contributed by atoms with Crippen LogP contribution < -0.4 is 5.73 Å². The van der Waals surface area contributed by atoms with E-state index in [2.05, 4.69) is 12.1 Å². The van der Waals surface area contributed by atoms with Crippen LogP contribution in [-0.2, 0) is 4.79 Å². The summed E-state index contributed by atoms with van der Waals surface area (Å²) in [5.41, 5.74) is 5.44. The maximum atomic E-state index is 11.9. The molecule has 1 unspecified atom stereocenters. The lowest BCUT2D eigenvalue weighted by Crippen LogP contribution is -2.37. The Morgan fingerprint density at radius 1 is 1.26 bits per heavy atom. The maximum Gasteiger partial charge on any atom is 0.222 e. The number of nitrogens with two attached hydrogens (primary N) is 1. The zero-order chi connectivity index (χ0) is 14.7. The Morgan fingerprint density at radius 2 is 1.84 bits per heavy atom. The first kappa shape index (κ1) is 17.7. The molecular formula is C14H29N3O2. The lowest BCUT2D eigenvalue weighted by molar-refractivity contribution is -0.131. The van der Waals surface area contributed by atoms with Crippen LogP contribution in [0.25, 0.3) is 0 Å². The van der Waals surface area contributed by atoms with Crippen LogP contribution in [-0.4, -0.2) is 34.9 Å². The highest BCUT2D eigenvalue weighted by atomic mass is 16.4. The minimum atomic E-state index is -0.0384. The zero-order valence-corrected chi connectivity index (χ0v) is 12.6. The third kappa shape index (κ3) is 8.46. The van der Waals surface area contributed by atoms with Gasteiger partial charge in [0, 0.05) is 25.9 Å². The quantitative estimate of drug-likeness (QED) is 0.211. The van der Waals surface area contributed by atoms with E-state index >= 15 is 0 Å². The lowest BCUT2D eigenvalue weighted by Gasteiger charge is -2.24. The van der Waals surface area contributed by atoms with E-state index in [-0.39, 0.29) is 17.8 Å². The number of amidine groups is 1. The molecule has 0 aromatic heterocycles. The van der Waals surface area contributed by atoms with Crippen LogP contribution in [0.2, 0.25) is 0 Å². The molecule has 0 aromatic rings. The van der Waals surface area contributed by atoms with E-state index in [0.29, 0.717) is 12.8 Å². The van der Waals surface area contributed by atoms with Crippen molar-refractivity contribution in [3.8, 4) is 0 Å². The van der Waals surface area contributed by atoms with E-state index in [9.17, 15) is 4.79 Å². The molecule has 0 saturated heterocycles. The predicted octanol–water partition coefficient (Wildman–Crippen LogP) is 2.72. The van der Waals surface area contributed by atoms with Crippen molar-refractivity contribution in [3.63, 3.8) is 0 Å². The molecule has 0 spiro atoms. The third-order valence-corrected chi connectivity index (χ3v) is 3.43. The number of hydrogen-bond acceptors (Lipinski definition) is 3. The fourth-order valence-electron chi connectivity index (χ4n) is 1.96. The van der Waals surface area contributed by atoms with Gasteiger partial charge in [-0.15, -0.1) is 0 Å². The summed E-state index contributed by atoms with van der Waals surface area (Å²) in [6.07, 6.45) is 8.05. The Bertz CT molecular complexity index is 280. The first-order chi connectivity index (χ1) is 9.02. The summed E-state index contributed by atoms with van der Waals surface area (Å²) in [6, 6.07) is -0.0384. The van der Waals surface area contributed by atoms with E-state index in [4.69, 9.17) is 10.9 Å². The molecule has 5 heteroatoms. The van der Waals surface area contributed by atoms with Crippen LogP contribution in [0.15, 0.2) is 5.16 Å². The topological polar surface area (TPSA) is 78.9 Å². The van der Waals surface area contributed by atoms with E-state index in [1.165, 1.54) is 25.7 Å². The minimum Gasteiger partial charge on any atom is -0.409 e. The van der Waals surface area contributed by atoms with Gasteiger partial charge in [0.15, 0.2) is 0 Å². The summed E-state index contributed by atoms with van der Waals surface area (Å²) in [7, 11) is 1.77. The highest BCUT2D eigenvalue weighted by molar-refractivity contribution is 5.81. The van der Waals surface area contributed by atoms with Crippen LogP contribution in [0.4, 0.5) is 0 Å². The van der Waals surface area contributed by atoms with E-state index in [1.54, 1.807) is 11.9 Å². The molecule has 0 heterocycles. The van der Waals surface area contributed by atoms with Gasteiger partial charge in [-0.25, -0.2) is 0 Å². The van der Waals surface area contributed by atoms with Gasteiger partial charge in [0.25, 0.3) is 0 Å². The first-order valence-corrected chi connectivity index (χ1v) is 7.25. The standard InChI is InChI=1S/C14H29N3O2/c1-4-5-6-7-8-9-10-14(18)17(3)12(2)11-13(15)16-19/h12,19H,4-11H2,1-3H3,(H2,15,16). The summed E-state index contributed by atoms with van der Waals surface area (Å²) in [4.78, 5) is 13.6. The average molecular weight is 271 g/mol. The van der Waals surface area contributed by atoms with E-state index in [1.807, 2.05) is 6.92 Å². The van der Waals surface area contributed by atoms with Gasteiger partial charge >= 0.3 is 0 Å². The Morgan fingerprint density at radius 3 is 2.42 bits per heavy atom. The number of unbranched alkanes of at least 4 members (excludes halogenated alkanes) is 5. The molecule has 0 rings (SSSR count). The summed E-state index contributed by atoms with van der Waals surface area (Å²) >= 11 is 0. The molecule has 0 aliphatic heterocycles. The highest BCUT2D eigenvalue weighted by Gasteiger charge is 2.16. The summed E-state index contributed by atoms with van der Waals surface area (Å²) in [6.45, 7) is 4.10. The van der Waals surface area contributed by atoms with Crippen LogP contribution in [0, 0.1) is 0 Å². The molecule has 0 bridgehead atoms. The SMILES string of the molecule is CCCCCCCCC(=O)N(C)C(C)CC(N)=NO. The van der Waals surface area contributed by atoms with Gasteiger partial charge in [-0.05, 0) is 13.3 Å². The van der Waals surface area contributed by atoms with Crippen molar-refractivity contribution < 1.29 is 10.0 Å². The molecular weight excluding hydrogens is 242 g/mol. The van der Waals surface area contributed by atoms with Crippen molar-refractivity contribution in [1.82, 2.24) is 4.90 Å². The molecule has 3 N–H and O–H groups in total. The van der Waals surface area contributed by atoms with Crippen LogP contribution in [0.5, 0.6) is 0 Å². The summed E-state index contributed by atoms with van der Waals surface area (Å²) < 4.78 is 0. The number of carbonyl (C=O) groups excluding carboxylic acids is 1. The summed E-state index contributed by atoms with van der Waals surface area (Å²) in [5.74, 6) is 0.292. The molecule has 0 fully saturated rings. The Hall–Kier alpha value is -1.26. The number of amides is 1. The van der Waals surface area contributed by atoms with E-state index in [0.717, 1.165) is 12.8 Å². The second-order valence-corrected chi connectivity index (χ2v) is 5.17. The predicted molar refractivity (Wildman–Crippen MR) is 78.3 cm³/mol. The monoisotopic (exact) mass is 271 g/mol. The average Bonchev–Trinajstić information content (AvgIpc) is 2.41. The Kier molecular flexibility index (Phi) is 9.94. The molecule has 0 aliphatic carbocycles. The van der Waals surface area contributed by atoms with Crippen LogP contribution in [0.1, 0.15) is 65.2 Å². The lowest BCUT2D eigenvalue weighted by atomic mass is 10.1. The van der Waals surface area contributed by atoms with Crippen LogP contribution in [0.3, 0.4) is 0 Å². The number of nitrogens with zero attached hydrogens (tertiary/aromatic N) is 2. The van der Waals surface area contributed by atoms with Crippen molar-refractivity contribution in [2.75, 3.05) is 7.05 Å².